The van der Waals surface area contributed by atoms with Gasteiger partial charge in [0.1, 0.15) is 11.3 Å². The van der Waals surface area contributed by atoms with E-state index < -0.39 is 17.5 Å². The van der Waals surface area contributed by atoms with E-state index >= 15 is 0 Å². The van der Waals surface area contributed by atoms with Crippen molar-refractivity contribution in [2.24, 2.45) is 0 Å². The second-order valence-corrected chi connectivity index (χ2v) is 5.41. The Morgan fingerprint density at radius 2 is 1.83 bits per heavy atom. The van der Waals surface area contributed by atoms with Crippen LogP contribution in [-0.2, 0) is 0 Å². The van der Waals surface area contributed by atoms with Crippen molar-refractivity contribution in [3.63, 3.8) is 0 Å². The quantitative estimate of drug-likeness (QED) is 0.711. The fourth-order valence-corrected chi connectivity index (χ4v) is 2.41. The maximum absolute atomic E-state index is 13.3. The van der Waals surface area contributed by atoms with Gasteiger partial charge in [0.15, 0.2) is 11.6 Å². The molecule has 0 unspecified atom stereocenters. The number of amides is 1. The number of benzene rings is 2. The van der Waals surface area contributed by atoms with E-state index in [0.29, 0.717) is 5.76 Å². The summed E-state index contributed by atoms with van der Waals surface area (Å²) in [5.74, 6) is -1.79. The average Bonchev–Trinajstić information content (AvgIpc) is 2.99. The van der Waals surface area contributed by atoms with E-state index in [1.807, 2.05) is 37.3 Å². The summed E-state index contributed by atoms with van der Waals surface area (Å²) in [6.45, 7) is 1.81. The van der Waals surface area contributed by atoms with Gasteiger partial charge in [0.05, 0.1) is 6.04 Å². The van der Waals surface area contributed by atoms with Crippen molar-refractivity contribution in [1.29, 1.82) is 0 Å². The van der Waals surface area contributed by atoms with Crippen LogP contribution in [0.4, 0.5) is 8.78 Å². The molecule has 0 saturated carbocycles. The lowest BCUT2D eigenvalue weighted by molar-refractivity contribution is 0.0727. The van der Waals surface area contributed by atoms with Crippen molar-refractivity contribution in [2.45, 2.75) is 13.0 Å². The monoisotopic (exact) mass is 315 g/mol. The fourth-order valence-electron chi connectivity index (χ4n) is 2.41. The lowest BCUT2D eigenvalue weighted by Gasteiger charge is -2.23. The lowest BCUT2D eigenvalue weighted by atomic mass is 10.1. The van der Waals surface area contributed by atoms with Gasteiger partial charge in [0.25, 0.3) is 5.91 Å². The maximum atomic E-state index is 13.3. The Balaban J connectivity index is 1.87. The number of halogens is 2. The number of carbonyl (C=O) groups is 1. The number of fused-ring (bicyclic) bond motifs is 1. The molecule has 2 aromatic carbocycles. The summed E-state index contributed by atoms with van der Waals surface area (Å²) in [6.07, 6.45) is 0. The normalized spacial score (nSPS) is 12.3. The van der Waals surface area contributed by atoms with Gasteiger partial charge in [-0.2, -0.15) is 0 Å². The molecule has 1 heterocycles. The average molecular weight is 315 g/mol. The summed E-state index contributed by atoms with van der Waals surface area (Å²) in [5, 5.41) is 0.947. The van der Waals surface area contributed by atoms with Crippen LogP contribution in [0.5, 0.6) is 0 Å². The van der Waals surface area contributed by atoms with Crippen LogP contribution in [0.1, 0.15) is 29.1 Å². The Bertz CT molecular complexity index is 839. The number of para-hydroxylation sites is 1. The molecule has 3 rings (SSSR count). The molecule has 0 fully saturated rings. The third kappa shape index (κ3) is 2.82. The van der Waals surface area contributed by atoms with Crippen LogP contribution in [0.25, 0.3) is 11.0 Å². The fraction of sp³-hybridized carbons (Fsp3) is 0.167. The minimum absolute atomic E-state index is 0.0920. The molecule has 0 aliphatic carbocycles. The first-order chi connectivity index (χ1) is 11.0. The zero-order valence-electron chi connectivity index (χ0n) is 12.7. The minimum atomic E-state index is -1.04. The van der Waals surface area contributed by atoms with Crippen molar-refractivity contribution in [3.05, 3.63) is 71.5 Å². The maximum Gasteiger partial charge on any atom is 0.254 e. The summed E-state index contributed by atoms with van der Waals surface area (Å²) in [7, 11) is 1.60. The SMILES string of the molecule is C[C@@H](c1cc2ccccc2o1)N(C)C(=O)c1ccc(F)c(F)c1. The molecular weight excluding hydrogens is 300 g/mol. The molecule has 1 aromatic heterocycles. The van der Waals surface area contributed by atoms with Gasteiger partial charge in [-0.05, 0) is 37.3 Å². The van der Waals surface area contributed by atoms with E-state index in [1.165, 1.54) is 11.0 Å². The highest BCUT2D eigenvalue weighted by Crippen LogP contribution is 2.27. The second-order valence-electron chi connectivity index (χ2n) is 5.41. The highest BCUT2D eigenvalue weighted by molar-refractivity contribution is 5.94. The van der Waals surface area contributed by atoms with Crippen LogP contribution in [0.2, 0.25) is 0 Å². The molecule has 1 atom stereocenters. The Labute approximate surface area is 132 Å². The Morgan fingerprint density at radius 3 is 2.52 bits per heavy atom. The molecule has 1 amide bonds. The first-order valence-electron chi connectivity index (χ1n) is 7.18. The third-order valence-electron chi connectivity index (χ3n) is 3.92. The Morgan fingerprint density at radius 1 is 1.09 bits per heavy atom. The molecule has 118 valence electrons. The third-order valence-corrected chi connectivity index (χ3v) is 3.92. The minimum Gasteiger partial charge on any atom is -0.459 e. The van der Waals surface area contributed by atoms with Gasteiger partial charge in [0, 0.05) is 18.0 Å². The van der Waals surface area contributed by atoms with Gasteiger partial charge in [0.2, 0.25) is 0 Å². The molecular formula is C18H15F2NO2. The summed E-state index contributed by atoms with van der Waals surface area (Å²) < 4.78 is 32.0. The molecule has 5 heteroatoms. The highest BCUT2D eigenvalue weighted by atomic mass is 19.2. The van der Waals surface area contributed by atoms with Gasteiger partial charge in [-0.25, -0.2) is 8.78 Å². The lowest BCUT2D eigenvalue weighted by Crippen LogP contribution is -2.29. The molecule has 0 saturated heterocycles. The number of carbonyl (C=O) groups excluding carboxylic acids is 1. The van der Waals surface area contributed by atoms with Crippen LogP contribution in [-0.4, -0.2) is 17.9 Å². The standard InChI is InChI=1S/C18H15F2NO2/c1-11(17-10-12-5-3-4-6-16(12)23-17)21(2)18(22)13-7-8-14(19)15(20)9-13/h3-11H,1-2H3/t11-/m0/s1. The van der Waals surface area contributed by atoms with E-state index in [-0.39, 0.29) is 11.6 Å². The topological polar surface area (TPSA) is 33.5 Å². The van der Waals surface area contributed by atoms with Gasteiger partial charge in [-0.3, -0.25) is 4.79 Å². The predicted molar refractivity (Wildman–Crippen MR) is 83.1 cm³/mol. The van der Waals surface area contributed by atoms with Gasteiger partial charge in [-0.1, -0.05) is 18.2 Å². The van der Waals surface area contributed by atoms with E-state index in [4.69, 9.17) is 4.42 Å². The van der Waals surface area contributed by atoms with Crippen LogP contribution >= 0.6 is 0 Å². The van der Waals surface area contributed by atoms with E-state index in [0.717, 1.165) is 23.1 Å². The van der Waals surface area contributed by atoms with E-state index in [2.05, 4.69) is 0 Å². The van der Waals surface area contributed by atoms with Crippen molar-refractivity contribution in [1.82, 2.24) is 4.90 Å². The largest absolute Gasteiger partial charge is 0.459 e. The van der Waals surface area contributed by atoms with Gasteiger partial charge >= 0.3 is 0 Å². The summed E-state index contributed by atoms with van der Waals surface area (Å²) in [4.78, 5) is 13.9. The molecule has 0 N–H and O–H groups in total. The van der Waals surface area contributed by atoms with Crippen molar-refractivity contribution >= 4 is 16.9 Å². The second kappa shape index (κ2) is 5.83. The van der Waals surface area contributed by atoms with Crippen molar-refractivity contribution < 1.29 is 18.0 Å². The number of hydrogen-bond acceptors (Lipinski definition) is 2. The Kier molecular flexibility index (Phi) is 3.86. The zero-order chi connectivity index (χ0) is 16.6. The van der Waals surface area contributed by atoms with Crippen LogP contribution in [0, 0.1) is 11.6 Å². The number of rotatable bonds is 3. The molecule has 23 heavy (non-hydrogen) atoms. The van der Waals surface area contributed by atoms with Gasteiger partial charge < -0.3 is 9.32 Å². The smallest absolute Gasteiger partial charge is 0.254 e. The van der Waals surface area contributed by atoms with E-state index in [1.54, 1.807) is 7.05 Å². The van der Waals surface area contributed by atoms with Gasteiger partial charge in [-0.15, -0.1) is 0 Å². The van der Waals surface area contributed by atoms with Crippen molar-refractivity contribution in [3.8, 4) is 0 Å². The summed E-state index contributed by atoms with van der Waals surface area (Å²) in [6, 6.07) is 12.2. The number of hydrogen-bond donors (Lipinski definition) is 0. The molecule has 3 nitrogen and oxygen atoms in total. The number of furan rings is 1. The van der Waals surface area contributed by atoms with E-state index in [9.17, 15) is 13.6 Å². The summed E-state index contributed by atoms with van der Waals surface area (Å²) in [5.41, 5.74) is 0.831. The first-order valence-corrected chi connectivity index (χ1v) is 7.18. The molecule has 3 aromatic rings. The van der Waals surface area contributed by atoms with Crippen molar-refractivity contribution in [2.75, 3.05) is 7.05 Å². The molecule has 0 bridgehead atoms. The summed E-state index contributed by atoms with van der Waals surface area (Å²) >= 11 is 0. The Hall–Kier alpha value is -2.69. The number of nitrogens with zero attached hydrogens (tertiary/aromatic N) is 1. The van der Waals surface area contributed by atoms with Crippen LogP contribution in [0.15, 0.2) is 52.9 Å². The highest BCUT2D eigenvalue weighted by Gasteiger charge is 2.22. The zero-order valence-corrected chi connectivity index (χ0v) is 12.7. The molecule has 0 aliphatic rings. The molecule has 0 radical (unpaired) electrons. The first kappa shape index (κ1) is 15.2. The van der Waals surface area contributed by atoms with Crippen LogP contribution in [0.3, 0.4) is 0 Å². The molecule has 0 spiro atoms. The molecule has 0 aliphatic heterocycles. The predicted octanol–water partition coefficient (Wildman–Crippen LogP) is 4.54. The van der Waals surface area contributed by atoms with Crippen LogP contribution < -0.4 is 0 Å².